The highest BCUT2D eigenvalue weighted by molar-refractivity contribution is 5.85. The molecule has 3 rings (SSSR count). The van der Waals surface area contributed by atoms with Crippen molar-refractivity contribution in [1.29, 1.82) is 0 Å². The van der Waals surface area contributed by atoms with E-state index in [0.717, 1.165) is 48.0 Å². The fourth-order valence-electron chi connectivity index (χ4n) is 2.64. The van der Waals surface area contributed by atoms with Crippen molar-refractivity contribution in [3.8, 4) is 5.75 Å². The summed E-state index contributed by atoms with van der Waals surface area (Å²) in [4.78, 5) is 14.9. The van der Waals surface area contributed by atoms with Gasteiger partial charge in [0, 0.05) is 19.0 Å². The molecule has 6 heteroatoms. The van der Waals surface area contributed by atoms with Crippen LogP contribution in [0.3, 0.4) is 0 Å². The van der Waals surface area contributed by atoms with Gasteiger partial charge in [-0.25, -0.2) is 10.2 Å². The molecule has 1 unspecified atom stereocenters. The van der Waals surface area contributed by atoms with Crippen LogP contribution in [0, 0.1) is 0 Å². The Bertz CT molecular complexity index is 721. The molecule has 1 aliphatic rings. The Morgan fingerprint density at radius 3 is 2.76 bits per heavy atom. The minimum absolute atomic E-state index is 0.266. The van der Waals surface area contributed by atoms with Crippen LogP contribution in [0.5, 0.6) is 5.75 Å². The van der Waals surface area contributed by atoms with Crippen molar-refractivity contribution in [1.82, 2.24) is 15.8 Å². The number of hydrazine groups is 1. The first kappa shape index (κ1) is 17.1. The Balaban J connectivity index is 1.46. The number of carbonyl (C=O) groups is 1. The second-order valence-corrected chi connectivity index (χ2v) is 5.84. The van der Waals surface area contributed by atoms with Crippen molar-refractivity contribution >= 4 is 12.0 Å². The van der Waals surface area contributed by atoms with E-state index in [2.05, 4.69) is 15.8 Å². The first-order valence-electron chi connectivity index (χ1n) is 8.28. The van der Waals surface area contributed by atoms with Gasteiger partial charge in [0.2, 0.25) is 0 Å². The maximum Gasteiger partial charge on any atom is 0.328 e. The molecule has 6 nitrogen and oxygen atoms in total. The summed E-state index contributed by atoms with van der Waals surface area (Å²) in [6.07, 6.45) is 6.27. The third-order valence-corrected chi connectivity index (χ3v) is 4.01. The van der Waals surface area contributed by atoms with Crippen LogP contribution in [0.4, 0.5) is 0 Å². The third-order valence-electron chi connectivity index (χ3n) is 4.01. The molecule has 1 aromatic carbocycles. The Morgan fingerprint density at radius 2 is 2.12 bits per heavy atom. The van der Waals surface area contributed by atoms with Gasteiger partial charge in [-0.1, -0.05) is 24.3 Å². The number of hydrogen-bond acceptors (Lipinski definition) is 5. The average Bonchev–Trinajstić information content (AvgIpc) is 3.16. The molecule has 3 N–H and O–H groups in total. The van der Waals surface area contributed by atoms with Gasteiger partial charge < -0.3 is 9.84 Å². The molecule has 25 heavy (non-hydrogen) atoms. The van der Waals surface area contributed by atoms with Gasteiger partial charge in [-0.2, -0.15) is 0 Å². The SMILES string of the molecule is O=C(O)/C=C/c1ccc(CCOc2ccc(C3CCNN3)nc2)cc1. The lowest BCUT2D eigenvalue weighted by molar-refractivity contribution is -0.131. The van der Waals surface area contributed by atoms with E-state index < -0.39 is 5.97 Å². The van der Waals surface area contributed by atoms with Crippen LogP contribution < -0.4 is 15.6 Å². The summed E-state index contributed by atoms with van der Waals surface area (Å²) in [7, 11) is 0. The van der Waals surface area contributed by atoms with Gasteiger partial charge in [0.25, 0.3) is 0 Å². The molecule has 1 aromatic heterocycles. The van der Waals surface area contributed by atoms with Gasteiger partial charge in [-0.15, -0.1) is 0 Å². The van der Waals surface area contributed by atoms with Crippen molar-refractivity contribution in [3.63, 3.8) is 0 Å². The van der Waals surface area contributed by atoms with Crippen LogP contribution in [0.25, 0.3) is 6.08 Å². The quantitative estimate of drug-likeness (QED) is 0.672. The number of carboxylic acid groups (broad SMARTS) is 1. The van der Waals surface area contributed by atoms with Gasteiger partial charge in [0.05, 0.1) is 24.5 Å². The molecule has 0 aliphatic carbocycles. The Labute approximate surface area is 146 Å². The minimum atomic E-state index is -0.947. The summed E-state index contributed by atoms with van der Waals surface area (Å²) < 4.78 is 5.75. The van der Waals surface area contributed by atoms with E-state index >= 15 is 0 Å². The molecular weight excluding hydrogens is 318 g/mol. The maximum atomic E-state index is 10.5. The standard InChI is InChI=1S/C19H21N3O3/c23-19(24)8-5-14-1-3-15(4-2-14)10-12-25-16-6-7-17(20-13-16)18-9-11-21-22-18/h1-8,13,18,21-22H,9-12H2,(H,23,24)/b8-5+. The number of rotatable bonds is 7. The number of ether oxygens (including phenoxy) is 1. The van der Waals surface area contributed by atoms with E-state index in [1.165, 1.54) is 0 Å². The molecule has 0 bridgehead atoms. The predicted molar refractivity (Wildman–Crippen MR) is 95.0 cm³/mol. The monoisotopic (exact) mass is 339 g/mol. The topological polar surface area (TPSA) is 83.5 Å². The van der Waals surface area contributed by atoms with Crippen LogP contribution >= 0.6 is 0 Å². The van der Waals surface area contributed by atoms with Gasteiger partial charge in [0.1, 0.15) is 5.75 Å². The molecule has 0 radical (unpaired) electrons. The van der Waals surface area contributed by atoms with E-state index in [1.54, 1.807) is 12.3 Å². The van der Waals surface area contributed by atoms with E-state index in [1.807, 2.05) is 36.4 Å². The zero-order valence-electron chi connectivity index (χ0n) is 13.8. The lowest BCUT2D eigenvalue weighted by Gasteiger charge is -2.10. The fourth-order valence-corrected chi connectivity index (χ4v) is 2.64. The maximum absolute atomic E-state index is 10.5. The molecule has 2 heterocycles. The smallest absolute Gasteiger partial charge is 0.328 e. The largest absolute Gasteiger partial charge is 0.492 e. The molecule has 1 saturated heterocycles. The summed E-state index contributed by atoms with van der Waals surface area (Å²) in [5, 5.41) is 8.62. The molecule has 2 aromatic rings. The normalized spacial score (nSPS) is 17.0. The van der Waals surface area contributed by atoms with Crippen LogP contribution in [-0.2, 0) is 11.2 Å². The van der Waals surface area contributed by atoms with Crippen molar-refractivity contribution < 1.29 is 14.6 Å². The molecular formula is C19H21N3O3. The van der Waals surface area contributed by atoms with E-state index in [-0.39, 0.29) is 6.04 Å². The second kappa shape index (κ2) is 8.41. The van der Waals surface area contributed by atoms with Crippen molar-refractivity contribution in [2.24, 2.45) is 0 Å². The lowest BCUT2D eigenvalue weighted by Crippen LogP contribution is -2.25. The number of carboxylic acids is 1. The van der Waals surface area contributed by atoms with E-state index in [0.29, 0.717) is 6.61 Å². The van der Waals surface area contributed by atoms with Crippen molar-refractivity contribution in [2.45, 2.75) is 18.9 Å². The number of aromatic nitrogens is 1. The summed E-state index contributed by atoms with van der Waals surface area (Å²) in [5.41, 5.74) is 9.30. The number of nitrogens with one attached hydrogen (secondary N) is 2. The van der Waals surface area contributed by atoms with Crippen LogP contribution in [0.2, 0.25) is 0 Å². The Hall–Kier alpha value is -2.70. The van der Waals surface area contributed by atoms with Gasteiger partial charge in [-0.05, 0) is 35.8 Å². The van der Waals surface area contributed by atoms with Gasteiger partial charge in [-0.3, -0.25) is 10.4 Å². The highest BCUT2D eigenvalue weighted by Crippen LogP contribution is 2.19. The highest BCUT2D eigenvalue weighted by Gasteiger charge is 2.16. The molecule has 1 atom stereocenters. The average molecular weight is 339 g/mol. The van der Waals surface area contributed by atoms with Crippen molar-refractivity contribution in [3.05, 3.63) is 65.5 Å². The number of benzene rings is 1. The molecule has 0 saturated carbocycles. The zero-order chi connectivity index (χ0) is 17.5. The number of nitrogens with zero attached hydrogens (tertiary/aromatic N) is 1. The summed E-state index contributed by atoms with van der Waals surface area (Å²) in [6, 6.07) is 12.0. The molecule has 1 fully saturated rings. The fraction of sp³-hybridized carbons (Fsp3) is 0.263. The van der Waals surface area contributed by atoms with Crippen LogP contribution in [0.1, 0.15) is 29.3 Å². The zero-order valence-corrected chi connectivity index (χ0v) is 13.8. The molecule has 1 aliphatic heterocycles. The van der Waals surface area contributed by atoms with E-state index in [4.69, 9.17) is 9.84 Å². The first-order chi connectivity index (χ1) is 12.2. The van der Waals surface area contributed by atoms with Crippen LogP contribution in [0.15, 0.2) is 48.7 Å². The lowest BCUT2D eigenvalue weighted by atomic mass is 10.1. The molecule has 130 valence electrons. The summed E-state index contributed by atoms with van der Waals surface area (Å²) in [5.74, 6) is -0.187. The van der Waals surface area contributed by atoms with Crippen LogP contribution in [-0.4, -0.2) is 29.2 Å². The summed E-state index contributed by atoms with van der Waals surface area (Å²) >= 11 is 0. The second-order valence-electron chi connectivity index (χ2n) is 5.84. The Kier molecular flexibility index (Phi) is 5.77. The third kappa shape index (κ3) is 5.14. The number of hydrogen-bond donors (Lipinski definition) is 3. The first-order valence-corrected chi connectivity index (χ1v) is 8.28. The predicted octanol–water partition coefficient (Wildman–Crippen LogP) is 2.34. The van der Waals surface area contributed by atoms with Gasteiger partial charge in [0.15, 0.2) is 0 Å². The van der Waals surface area contributed by atoms with E-state index in [9.17, 15) is 4.79 Å². The molecule has 0 spiro atoms. The molecule has 0 amide bonds. The van der Waals surface area contributed by atoms with Gasteiger partial charge >= 0.3 is 5.97 Å². The number of aliphatic carboxylic acids is 1. The van der Waals surface area contributed by atoms with Crippen molar-refractivity contribution in [2.75, 3.05) is 13.2 Å². The summed E-state index contributed by atoms with van der Waals surface area (Å²) in [6.45, 7) is 1.52. The highest BCUT2D eigenvalue weighted by atomic mass is 16.5. The minimum Gasteiger partial charge on any atom is -0.492 e. The Morgan fingerprint density at radius 1 is 1.28 bits per heavy atom. The number of pyridine rings is 1.